The highest BCUT2D eigenvalue weighted by Crippen LogP contribution is 2.39. The van der Waals surface area contributed by atoms with E-state index >= 15 is 0 Å². The molecule has 12 heavy (non-hydrogen) atoms. The number of likely N-dealkylation sites (tertiary alicyclic amines) is 1. The lowest BCUT2D eigenvalue weighted by Crippen LogP contribution is -2.54. The van der Waals surface area contributed by atoms with Crippen LogP contribution in [0.5, 0.6) is 0 Å². The number of hydrogen-bond acceptors (Lipinski definition) is 1. The topological polar surface area (TPSA) is 3.24 Å². The Morgan fingerprint density at radius 3 is 3.00 bits per heavy atom. The molecule has 0 N–H and O–H groups in total. The number of rotatable bonds is 3. The molecule has 1 saturated heterocycles. The van der Waals surface area contributed by atoms with Gasteiger partial charge in [-0.05, 0) is 24.7 Å². The van der Waals surface area contributed by atoms with Crippen LogP contribution in [-0.2, 0) is 0 Å². The summed E-state index contributed by atoms with van der Waals surface area (Å²) in [4.78, 5) is 2.68. The van der Waals surface area contributed by atoms with Crippen LogP contribution in [-0.4, -0.2) is 29.4 Å². The average Bonchev–Trinajstić information content (AvgIpc) is 2.42. The van der Waals surface area contributed by atoms with E-state index in [2.05, 4.69) is 27.8 Å². The summed E-state index contributed by atoms with van der Waals surface area (Å²) in [7, 11) is 0. The molecule has 0 bridgehead atoms. The fourth-order valence-electron chi connectivity index (χ4n) is 2.67. The summed E-state index contributed by atoms with van der Waals surface area (Å²) < 4.78 is 0. The van der Waals surface area contributed by atoms with Gasteiger partial charge in [0.1, 0.15) is 0 Å². The third-order valence-corrected chi connectivity index (χ3v) is 4.47. The minimum Gasteiger partial charge on any atom is -0.299 e. The van der Waals surface area contributed by atoms with Gasteiger partial charge in [0.25, 0.3) is 0 Å². The molecule has 1 nitrogen and oxygen atoms in total. The maximum Gasteiger partial charge on any atom is 0.0136 e. The minimum atomic E-state index is 0.826. The lowest BCUT2D eigenvalue weighted by atomic mass is 9.91. The second-order valence-corrected chi connectivity index (χ2v) is 5.12. The standard InChI is InChI=1S/C10H18BrN/c1-8(5-11)6-12-7-9-3-2-4-10(9)12/h8-10H,2-7H2,1H3. The molecule has 0 radical (unpaired) electrons. The smallest absolute Gasteiger partial charge is 0.0136 e. The van der Waals surface area contributed by atoms with Crippen molar-refractivity contribution in [2.75, 3.05) is 18.4 Å². The van der Waals surface area contributed by atoms with Gasteiger partial charge in [-0.3, -0.25) is 4.90 Å². The van der Waals surface area contributed by atoms with E-state index in [1.807, 2.05) is 0 Å². The van der Waals surface area contributed by atoms with Gasteiger partial charge in [0.2, 0.25) is 0 Å². The van der Waals surface area contributed by atoms with Gasteiger partial charge in [-0.2, -0.15) is 0 Å². The van der Waals surface area contributed by atoms with Crippen molar-refractivity contribution >= 4 is 15.9 Å². The van der Waals surface area contributed by atoms with Crippen LogP contribution < -0.4 is 0 Å². The van der Waals surface area contributed by atoms with Crippen LogP contribution in [0.25, 0.3) is 0 Å². The summed E-state index contributed by atoms with van der Waals surface area (Å²) in [5.41, 5.74) is 0. The van der Waals surface area contributed by atoms with Gasteiger partial charge < -0.3 is 0 Å². The second-order valence-electron chi connectivity index (χ2n) is 4.47. The van der Waals surface area contributed by atoms with Gasteiger partial charge in [-0.25, -0.2) is 0 Å². The van der Waals surface area contributed by atoms with Crippen molar-refractivity contribution in [1.82, 2.24) is 4.90 Å². The van der Waals surface area contributed by atoms with Gasteiger partial charge in [-0.1, -0.05) is 29.3 Å². The Kier molecular flexibility index (Phi) is 2.75. The van der Waals surface area contributed by atoms with Crippen LogP contribution >= 0.6 is 15.9 Å². The number of alkyl halides is 1. The highest BCUT2D eigenvalue weighted by Gasteiger charge is 2.41. The highest BCUT2D eigenvalue weighted by atomic mass is 79.9. The lowest BCUT2D eigenvalue weighted by Gasteiger charge is -2.45. The van der Waals surface area contributed by atoms with Crippen LogP contribution in [0, 0.1) is 11.8 Å². The summed E-state index contributed by atoms with van der Waals surface area (Å²) in [5.74, 6) is 1.90. The molecule has 1 heterocycles. The fourth-order valence-corrected chi connectivity index (χ4v) is 2.87. The number of halogens is 1. The first-order valence-electron chi connectivity index (χ1n) is 5.11. The SMILES string of the molecule is CC(CBr)CN1CC2CCCC21. The van der Waals surface area contributed by atoms with E-state index < -0.39 is 0 Å². The molecule has 1 aliphatic carbocycles. The molecule has 2 fully saturated rings. The van der Waals surface area contributed by atoms with Gasteiger partial charge in [0.05, 0.1) is 0 Å². The lowest BCUT2D eigenvalue weighted by molar-refractivity contribution is 0.0285. The monoisotopic (exact) mass is 231 g/mol. The molecule has 1 aliphatic heterocycles. The van der Waals surface area contributed by atoms with Crippen LogP contribution in [0.2, 0.25) is 0 Å². The van der Waals surface area contributed by atoms with Crippen molar-refractivity contribution in [3.8, 4) is 0 Å². The third-order valence-electron chi connectivity index (χ3n) is 3.37. The molecule has 0 aromatic carbocycles. The quantitative estimate of drug-likeness (QED) is 0.676. The van der Waals surface area contributed by atoms with E-state index in [1.54, 1.807) is 0 Å². The zero-order chi connectivity index (χ0) is 8.55. The fraction of sp³-hybridized carbons (Fsp3) is 1.00. The maximum absolute atomic E-state index is 3.54. The first kappa shape index (κ1) is 9.01. The van der Waals surface area contributed by atoms with Crippen molar-refractivity contribution in [2.45, 2.75) is 32.2 Å². The van der Waals surface area contributed by atoms with Gasteiger partial charge in [0, 0.05) is 24.5 Å². The summed E-state index contributed by atoms with van der Waals surface area (Å²) in [6, 6.07) is 0.978. The molecule has 2 heteroatoms. The molecule has 2 rings (SSSR count). The Morgan fingerprint density at radius 1 is 1.50 bits per heavy atom. The summed E-state index contributed by atoms with van der Waals surface area (Å²) in [5, 5.41) is 1.15. The van der Waals surface area contributed by atoms with E-state index in [1.165, 1.54) is 32.4 Å². The van der Waals surface area contributed by atoms with E-state index in [9.17, 15) is 0 Å². The van der Waals surface area contributed by atoms with Gasteiger partial charge in [0.15, 0.2) is 0 Å². The van der Waals surface area contributed by atoms with Crippen LogP contribution in [0.4, 0.5) is 0 Å². The average molecular weight is 232 g/mol. The molecule has 0 amide bonds. The van der Waals surface area contributed by atoms with E-state index in [4.69, 9.17) is 0 Å². The summed E-state index contributed by atoms with van der Waals surface area (Å²) >= 11 is 3.54. The minimum absolute atomic E-state index is 0.826. The van der Waals surface area contributed by atoms with E-state index in [0.717, 1.165) is 23.2 Å². The molecule has 3 atom stereocenters. The Labute approximate surface area is 83.6 Å². The summed E-state index contributed by atoms with van der Waals surface area (Å²) in [6.45, 7) is 5.03. The maximum atomic E-state index is 3.54. The molecule has 1 saturated carbocycles. The van der Waals surface area contributed by atoms with Crippen molar-refractivity contribution < 1.29 is 0 Å². The number of nitrogens with zero attached hydrogens (tertiary/aromatic N) is 1. The van der Waals surface area contributed by atoms with Crippen LogP contribution in [0.15, 0.2) is 0 Å². The Hall–Kier alpha value is 0.440. The van der Waals surface area contributed by atoms with Crippen molar-refractivity contribution in [3.05, 3.63) is 0 Å². The highest BCUT2D eigenvalue weighted by molar-refractivity contribution is 9.09. The molecule has 2 aliphatic rings. The third kappa shape index (κ3) is 1.56. The first-order chi connectivity index (χ1) is 5.81. The van der Waals surface area contributed by atoms with Crippen LogP contribution in [0.1, 0.15) is 26.2 Å². The Balaban J connectivity index is 1.77. The molecular formula is C10H18BrN. The van der Waals surface area contributed by atoms with Crippen LogP contribution in [0.3, 0.4) is 0 Å². The zero-order valence-corrected chi connectivity index (χ0v) is 9.39. The predicted octanol–water partition coefficient (Wildman–Crippen LogP) is 2.50. The Bertz CT molecular complexity index is 160. The second kappa shape index (κ2) is 3.67. The molecular weight excluding hydrogens is 214 g/mol. The van der Waals surface area contributed by atoms with E-state index in [-0.39, 0.29) is 0 Å². The molecule has 70 valence electrons. The van der Waals surface area contributed by atoms with Crippen molar-refractivity contribution in [2.24, 2.45) is 11.8 Å². The largest absolute Gasteiger partial charge is 0.299 e. The van der Waals surface area contributed by atoms with Gasteiger partial charge >= 0.3 is 0 Å². The van der Waals surface area contributed by atoms with E-state index in [0.29, 0.717) is 0 Å². The zero-order valence-electron chi connectivity index (χ0n) is 7.80. The number of fused-ring (bicyclic) bond motifs is 1. The normalized spacial score (nSPS) is 37.5. The van der Waals surface area contributed by atoms with Gasteiger partial charge in [-0.15, -0.1) is 0 Å². The number of hydrogen-bond donors (Lipinski definition) is 0. The molecule has 0 aromatic heterocycles. The molecule has 0 spiro atoms. The molecule has 3 unspecified atom stereocenters. The van der Waals surface area contributed by atoms with Crippen molar-refractivity contribution in [1.29, 1.82) is 0 Å². The first-order valence-corrected chi connectivity index (χ1v) is 6.23. The Morgan fingerprint density at radius 2 is 2.33 bits per heavy atom. The predicted molar refractivity (Wildman–Crippen MR) is 55.7 cm³/mol. The molecule has 0 aromatic rings. The van der Waals surface area contributed by atoms with Crippen molar-refractivity contribution in [3.63, 3.8) is 0 Å². The summed E-state index contributed by atoms with van der Waals surface area (Å²) in [6.07, 6.45) is 4.46.